The van der Waals surface area contributed by atoms with Crippen molar-refractivity contribution in [3.05, 3.63) is 126 Å². The smallest absolute Gasteiger partial charge is 0.124 e. The number of anilines is 1. The minimum absolute atomic E-state index is 0.558. The zero-order valence-electron chi connectivity index (χ0n) is 17.5. The molecule has 0 heterocycles. The second-order valence-corrected chi connectivity index (χ2v) is 7.35. The van der Waals surface area contributed by atoms with Crippen molar-refractivity contribution in [3.63, 3.8) is 0 Å². The monoisotopic (exact) mass is 409 g/mol. The fraction of sp³-hybridized carbons (Fsp3) is 0.143. The summed E-state index contributed by atoms with van der Waals surface area (Å²) in [5.41, 5.74) is 4.59. The minimum atomic E-state index is 0.558. The summed E-state index contributed by atoms with van der Waals surface area (Å²) in [5.74, 6) is 1.77. The van der Waals surface area contributed by atoms with Crippen LogP contribution >= 0.6 is 0 Å². The Balaban J connectivity index is 1.31. The van der Waals surface area contributed by atoms with E-state index in [4.69, 9.17) is 9.47 Å². The maximum atomic E-state index is 6.08. The first-order valence-corrected chi connectivity index (χ1v) is 10.6. The van der Waals surface area contributed by atoms with Gasteiger partial charge in [0.15, 0.2) is 0 Å². The Bertz CT molecular complexity index is 1060. The summed E-state index contributed by atoms with van der Waals surface area (Å²) in [6, 6.07) is 36.9. The zero-order valence-corrected chi connectivity index (χ0v) is 17.5. The van der Waals surface area contributed by atoms with E-state index in [1.54, 1.807) is 0 Å². The van der Waals surface area contributed by atoms with Crippen molar-refractivity contribution in [2.45, 2.75) is 19.6 Å². The van der Waals surface area contributed by atoms with Gasteiger partial charge >= 0.3 is 0 Å². The molecule has 0 aliphatic rings. The molecule has 4 rings (SSSR count). The number of hydrogen-bond acceptors (Lipinski definition) is 3. The van der Waals surface area contributed by atoms with Crippen LogP contribution in [0.5, 0.6) is 11.5 Å². The van der Waals surface area contributed by atoms with E-state index in [1.807, 2.05) is 66.7 Å². The molecule has 3 nitrogen and oxygen atoms in total. The average Bonchev–Trinajstić information content (AvgIpc) is 2.84. The predicted octanol–water partition coefficient (Wildman–Crippen LogP) is 6.50. The molecule has 4 aromatic carbocycles. The second-order valence-electron chi connectivity index (χ2n) is 7.35. The normalized spacial score (nSPS) is 10.5. The Labute approximate surface area is 184 Å². The molecular formula is C28H27NO2. The standard InChI is InChI=1S/C28H27NO2/c1-3-10-23(11-4-1)18-19-30-28-17-8-7-14-25(28)21-29-26-15-9-16-27(20-26)31-22-24-12-5-2-6-13-24/h1-17,20,29H,18-19,21-22H2. The highest BCUT2D eigenvalue weighted by atomic mass is 16.5. The molecule has 1 N–H and O–H groups in total. The third-order valence-electron chi connectivity index (χ3n) is 5.03. The van der Waals surface area contributed by atoms with Crippen LogP contribution in [0, 0.1) is 0 Å². The molecule has 0 atom stereocenters. The van der Waals surface area contributed by atoms with Gasteiger partial charge < -0.3 is 14.8 Å². The summed E-state index contributed by atoms with van der Waals surface area (Å²) >= 11 is 0. The zero-order chi connectivity index (χ0) is 21.1. The summed E-state index contributed by atoms with van der Waals surface area (Å²) in [5, 5.41) is 3.49. The molecule has 0 radical (unpaired) electrons. The SMILES string of the molecule is c1ccc(CCOc2ccccc2CNc2cccc(OCc3ccccc3)c2)cc1. The van der Waals surface area contributed by atoms with Crippen molar-refractivity contribution in [2.24, 2.45) is 0 Å². The van der Waals surface area contributed by atoms with Gasteiger partial charge in [-0.15, -0.1) is 0 Å². The van der Waals surface area contributed by atoms with Crippen molar-refractivity contribution in [1.29, 1.82) is 0 Å². The van der Waals surface area contributed by atoms with E-state index < -0.39 is 0 Å². The number of para-hydroxylation sites is 1. The first-order chi connectivity index (χ1) is 15.4. The lowest BCUT2D eigenvalue weighted by molar-refractivity contribution is 0.306. The van der Waals surface area contributed by atoms with Gasteiger partial charge in [0.1, 0.15) is 18.1 Å². The Morgan fingerprint density at radius 1 is 0.613 bits per heavy atom. The molecule has 0 aliphatic carbocycles. The lowest BCUT2D eigenvalue weighted by atomic mass is 10.1. The highest BCUT2D eigenvalue weighted by Crippen LogP contribution is 2.22. The van der Waals surface area contributed by atoms with Gasteiger partial charge in [0.2, 0.25) is 0 Å². The van der Waals surface area contributed by atoms with Crippen LogP contribution in [0.25, 0.3) is 0 Å². The largest absolute Gasteiger partial charge is 0.493 e. The Hall–Kier alpha value is -3.72. The maximum Gasteiger partial charge on any atom is 0.124 e. The number of rotatable bonds is 10. The van der Waals surface area contributed by atoms with E-state index in [1.165, 1.54) is 5.56 Å². The molecule has 0 aliphatic heterocycles. The van der Waals surface area contributed by atoms with E-state index in [-0.39, 0.29) is 0 Å². The van der Waals surface area contributed by atoms with Gasteiger partial charge in [-0.1, -0.05) is 84.9 Å². The average molecular weight is 410 g/mol. The maximum absolute atomic E-state index is 6.08. The Morgan fingerprint density at radius 2 is 1.32 bits per heavy atom. The Kier molecular flexibility index (Phi) is 7.22. The number of ether oxygens (including phenoxy) is 2. The van der Waals surface area contributed by atoms with Crippen LogP contribution < -0.4 is 14.8 Å². The molecular weight excluding hydrogens is 382 g/mol. The first-order valence-electron chi connectivity index (χ1n) is 10.6. The minimum Gasteiger partial charge on any atom is -0.493 e. The summed E-state index contributed by atoms with van der Waals surface area (Å²) in [4.78, 5) is 0. The van der Waals surface area contributed by atoms with Crippen LogP contribution in [0.3, 0.4) is 0 Å². The third kappa shape index (κ3) is 6.38. The van der Waals surface area contributed by atoms with E-state index >= 15 is 0 Å². The van der Waals surface area contributed by atoms with Gasteiger partial charge in [-0.2, -0.15) is 0 Å². The summed E-state index contributed by atoms with van der Waals surface area (Å²) in [7, 11) is 0. The molecule has 0 saturated carbocycles. The lowest BCUT2D eigenvalue weighted by Crippen LogP contribution is -2.06. The van der Waals surface area contributed by atoms with Gasteiger partial charge in [-0.25, -0.2) is 0 Å². The fourth-order valence-electron chi connectivity index (χ4n) is 3.35. The van der Waals surface area contributed by atoms with Crippen molar-refractivity contribution in [3.8, 4) is 11.5 Å². The van der Waals surface area contributed by atoms with Gasteiger partial charge in [0.05, 0.1) is 6.61 Å². The molecule has 3 heteroatoms. The highest BCUT2D eigenvalue weighted by molar-refractivity contribution is 5.49. The highest BCUT2D eigenvalue weighted by Gasteiger charge is 2.04. The molecule has 0 aromatic heterocycles. The third-order valence-corrected chi connectivity index (χ3v) is 5.03. The molecule has 31 heavy (non-hydrogen) atoms. The van der Waals surface area contributed by atoms with Crippen molar-refractivity contribution in [1.82, 2.24) is 0 Å². The van der Waals surface area contributed by atoms with Crippen LogP contribution in [0.4, 0.5) is 5.69 Å². The quantitative estimate of drug-likeness (QED) is 0.324. The van der Waals surface area contributed by atoms with Crippen molar-refractivity contribution in [2.75, 3.05) is 11.9 Å². The van der Waals surface area contributed by atoms with Crippen LogP contribution in [0.2, 0.25) is 0 Å². The van der Waals surface area contributed by atoms with Crippen LogP contribution in [0.1, 0.15) is 16.7 Å². The van der Waals surface area contributed by atoms with Gasteiger partial charge in [0.25, 0.3) is 0 Å². The topological polar surface area (TPSA) is 30.5 Å². The van der Waals surface area contributed by atoms with Crippen LogP contribution in [0.15, 0.2) is 109 Å². The van der Waals surface area contributed by atoms with Crippen molar-refractivity contribution < 1.29 is 9.47 Å². The van der Waals surface area contributed by atoms with Gasteiger partial charge in [-0.05, 0) is 29.3 Å². The van der Waals surface area contributed by atoms with Gasteiger partial charge in [0, 0.05) is 30.3 Å². The van der Waals surface area contributed by atoms with Crippen LogP contribution in [-0.2, 0) is 19.6 Å². The molecule has 0 bridgehead atoms. The number of hydrogen-bond donors (Lipinski definition) is 1. The van der Waals surface area contributed by atoms with E-state index in [9.17, 15) is 0 Å². The fourth-order valence-corrected chi connectivity index (χ4v) is 3.35. The molecule has 156 valence electrons. The Morgan fingerprint density at radius 3 is 2.13 bits per heavy atom. The van der Waals surface area contributed by atoms with E-state index in [2.05, 4.69) is 47.8 Å². The molecule has 0 saturated heterocycles. The molecule has 0 fully saturated rings. The molecule has 0 amide bonds. The summed E-state index contributed by atoms with van der Waals surface area (Å²) < 4.78 is 12.0. The molecule has 0 unspecified atom stereocenters. The lowest BCUT2D eigenvalue weighted by Gasteiger charge is -2.14. The van der Waals surface area contributed by atoms with Crippen LogP contribution in [-0.4, -0.2) is 6.61 Å². The number of nitrogens with one attached hydrogen (secondary N) is 1. The molecule has 0 spiro atoms. The first kappa shape index (κ1) is 20.5. The van der Waals surface area contributed by atoms with Gasteiger partial charge in [-0.3, -0.25) is 0 Å². The summed E-state index contributed by atoms with van der Waals surface area (Å²) in [6.45, 7) is 1.90. The van der Waals surface area contributed by atoms with Crippen molar-refractivity contribution >= 4 is 5.69 Å². The predicted molar refractivity (Wildman–Crippen MR) is 127 cm³/mol. The summed E-state index contributed by atoms with van der Waals surface area (Å²) in [6.07, 6.45) is 0.892. The number of benzene rings is 4. The second kappa shape index (κ2) is 10.9. The molecule has 4 aromatic rings. The van der Waals surface area contributed by atoms with E-state index in [0.29, 0.717) is 19.8 Å². The van der Waals surface area contributed by atoms with E-state index in [0.717, 1.165) is 34.7 Å².